The highest BCUT2D eigenvalue weighted by Gasteiger charge is 2.24. The number of amides is 1. The lowest BCUT2D eigenvalue weighted by Crippen LogP contribution is -2.45. The minimum atomic E-state index is -0.474. The number of piperidine rings is 1. The second kappa shape index (κ2) is 13.3. The summed E-state index contributed by atoms with van der Waals surface area (Å²) in [6.45, 7) is 8.28. The summed E-state index contributed by atoms with van der Waals surface area (Å²) in [5.74, 6) is 0.547. The van der Waals surface area contributed by atoms with E-state index in [1.54, 1.807) is 6.08 Å². The van der Waals surface area contributed by atoms with E-state index in [1.165, 1.54) is 37.2 Å². The third-order valence-electron chi connectivity index (χ3n) is 6.13. The molecule has 0 bridgehead atoms. The van der Waals surface area contributed by atoms with Gasteiger partial charge in [0.2, 0.25) is 0 Å². The van der Waals surface area contributed by atoms with E-state index in [4.69, 9.17) is 4.74 Å². The van der Waals surface area contributed by atoms with Crippen molar-refractivity contribution in [3.8, 4) is 0 Å². The van der Waals surface area contributed by atoms with E-state index in [9.17, 15) is 9.59 Å². The minimum Gasteiger partial charge on any atom is -0.466 e. The lowest BCUT2D eigenvalue weighted by molar-refractivity contribution is -0.134. The Morgan fingerprint density at radius 3 is 2.31 bits per heavy atom. The van der Waals surface area contributed by atoms with E-state index in [0.717, 1.165) is 44.0 Å². The largest absolute Gasteiger partial charge is 0.466 e. The van der Waals surface area contributed by atoms with Crippen molar-refractivity contribution in [2.75, 3.05) is 20.2 Å². The Morgan fingerprint density at radius 2 is 1.69 bits per heavy atom. The first kappa shape index (κ1) is 27.5. The zero-order valence-corrected chi connectivity index (χ0v) is 22.0. The number of alkyl carbamates (subject to hydrolysis) is 1. The first-order valence-corrected chi connectivity index (χ1v) is 12.8. The van der Waals surface area contributed by atoms with Crippen LogP contribution in [0.15, 0.2) is 60.7 Å². The normalized spacial score (nSPS) is 16.7. The number of esters is 1. The molecule has 2 aliphatic rings. The molecule has 2 aromatic rings. The van der Waals surface area contributed by atoms with Gasteiger partial charge in [0.1, 0.15) is 5.60 Å². The molecule has 194 valence electrons. The maximum Gasteiger partial charge on any atom is 0.407 e. The van der Waals surface area contributed by atoms with Gasteiger partial charge in [0.15, 0.2) is 0 Å². The maximum atomic E-state index is 11.9. The third kappa shape index (κ3) is 10.2. The highest BCUT2D eigenvalue weighted by atomic mass is 16.6. The number of hydrogen-bond donors (Lipinski definition) is 1. The van der Waals surface area contributed by atoms with Crippen molar-refractivity contribution in [2.45, 2.75) is 70.6 Å². The molecule has 1 saturated carbocycles. The maximum absolute atomic E-state index is 11.9. The van der Waals surface area contributed by atoms with Gasteiger partial charge in [-0.1, -0.05) is 54.6 Å². The zero-order chi connectivity index (χ0) is 26.0. The number of nitrogens with zero attached hydrogens (tertiary/aromatic N) is 1. The van der Waals surface area contributed by atoms with Crippen LogP contribution in [0.5, 0.6) is 0 Å². The van der Waals surface area contributed by atoms with Crippen molar-refractivity contribution in [3.63, 3.8) is 0 Å². The number of hydrogen-bond acceptors (Lipinski definition) is 5. The molecule has 0 radical (unpaired) electrons. The molecule has 1 N–H and O–H groups in total. The van der Waals surface area contributed by atoms with Gasteiger partial charge in [-0.3, -0.25) is 4.90 Å². The molecule has 2 fully saturated rings. The van der Waals surface area contributed by atoms with Gasteiger partial charge in [-0.2, -0.15) is 0 Å². The summed E-state index contributed by atoms with van der Waals surface area (Å²) in [7, 11) is 1.37. The molecule has 0 atom stereocenters. The average molecular weight is 493 g/mol. The Balaban J connectivity index is 0.000000331. The van der Waals surface area contributed by atoms with E-state index in [0.29, 0.717) is 0 Å². The monoisotopic (exact) mass is 492 g/mol. The Labute approximate surface area is 215 Å². The van der Waals surface area contributed by atoms with Gasteiger partial charge in [-0.25, -0.2) is 9.59 Å². The highest BCUT2D eigenvalue weighted by molar-refractivity contribution is 5.86. The van der Waals surface area contributed by atoms with Crippen molar-refractivity contribution in [1.29, 1.82) is 0 Å². The van der Waals surface area contributed by atoms with Crippen LogP contribution < -0.4 is 5.32 Å². The highest BCUT2D eigenvalue weighted by Crippen LogP contribution is 2.39. The van der Waals surface area contributed by atoms with E-state index in [2.05, 4.69) is 57.4 Å². The summed E-state index contributed by atoms with van der Waals surface area (Å²) in [6.07, 6.45) is 7.46. The minimum absolute atomic E-state index is 0.158. The second-order valence-corrected chi connectivity index (χ2v) is 10.5. The number of carbonyl (C=O) groups excluding carboxylic acids is 2. The fourth-order valence-electron chi connectivity index (χ4n) is 4.14. The van der Waals surface area contributed by atoms with Gasteiger partial charge < -0.3 is 14.8 Å². The van der Waals surface area contributed by atoms with Gasteiger partial charge in [-0.15, -0.1) is 0 Å². The van der Waals surface area contributed by atoms with Crippen molar-refractivity contribution in [3.05, 3.63) is 77.4 Å². The molecule has 0 unspecified atom stereocenters. The molecule has 1 amide bonds. The van der Waals surface area contributed by atoms with Gasteiger partial charge in [0.05, 0.1) is 7.11 Å². The van der Waals surface area contributed by atoms with Gasteiger partial charge in [0.25, 0.3) is 0 Å². The molecule has 1 saturated heterocycles. The summed E-state index contributed by atoms with van der Waals surface area (Å²) in [4.78, 5) is 25.5. The Bertz CT molecular complexity index is 1000. The van der Waals surface area contributed by atoms with E-state index in [1.807, 2.05) is 32.9 Å². The zero-order valence-electron chi connectivity index (χ0n) is 22.0. The summed E-state index contributed by atoms with van der Waals surface area (Å²) in [5.41, 5.74) is 3.22. The summed E-state index contributed by atoms with van der Waals surface area (Å²) in [5, 5.41) is 2.96. The van der Waals surface area contributed by atoms with Crippen LogP contribution in [-0.4, -0.2) is 48.8 Å². The SMILES string of the molecule is COC(=O)/C=C/c1cccc(CN2CCC(NC(=O)OC(C)(C)C)CC2)c1.c1ccc(C2CC2)cc1. The molecular formula is C30H40N2O4. The number of nitrogens with one attached hydrogen (secondary N) is 1. The molecule has 4 rings (SSSR count). The standard InChI is InChI=1S/C21H30N2O4.C9H10/c1-21(2,3)27-20(25)22-18-10-12-23(13-11-18)15-17-7-5-6-16(14-17)8-9-19(24)26-4;1-2-4-8(5-3-1)9-6-7-9/h5-9,14,18H,10-13,15H2,1-4H3,(H,22,25);1-5,9H,6-7H2/b9-8+;. The number of rotatable bonds is 6. The average Bonchev–Trinajstić information content (AvgIpc) is 3.69. The smallest absolute Gasteiger partial charge is 0.407 e. The van der Waals surface area contributed by atoms with Gasteiger partial charge >= 0.3 is 12.1 Å². The molecule has 1 aliphatic carbocycles. The van der Waals surface area contributed by atoms with Crippen LogP contribution in [-0.2, 0) is 20.8 Å². The Kier molecular flexibility index (Phi) is 10.1. The van der Waals surface area contributed by atoms with E-state index < -0.39 is 5.60 Å². The molecule has 36 heavy (non-hydrogen) atoms. The van der Waals surface area contributed by atoms with Crippen LogP contribution in [0.25, 0.3) is 6.08 Å². The van der Waals surface area contributed by atoms with Gasteiger partial charge in [-0.05, 0) is 75.1 Å². The number of benzene rings is 2. The topological polar surface area (TPSA) is 67.9 Å². The fraction of sp³-hybridized carbons (Fsp3) is 0.467. The number of ether oxygens (including phenoxy) is 2. The Morgan fingerprint density at radius 1 is 1.00 bits per heavy atom. The van der Waals surface area contributed by atoms with Crippen LogP contribution in [0.3, 0.4) is 0 Å². The van der Waals surface area contributed by atoms with Crippen LogP contribution in [0.1, 0.15) is 69.1 Å². The lowest BCUT2D eigenvalue weighted by Gasteiger charge is -2.32. The first-order valence-electron chi connectivity index (χ1n) is 12.8. The van der Waals surface area contributed by atoms with Crippen molar-refractivity contribution in [2.24, 2.45) is 0 Å². The first-order chi connectivity index (χ1) is 17.2. The summed E-state index contributed by atoms with van der Waals surface area (Å²) < 4.78 is 9.94. The van der Waals surface area contributed by atoms with Gasteiger partial charge in [0, 0.05) is 31.8 Å². The molecule has 1 aliphatic heterocycles. The molecule has 6 heteroatoms. The molecule has 6 nitrogen and oxygen atoms in total. The number of methoxy groups -OCH3 is 1. The van der Waals surface area contributed by atoms with Crippen LogP contribution in [0.4, 0.5) is 4.79 Å². The van der Waals surface area contributed by atoms with Crippen molar-refractivity contribution < 1.29 is 19.1 Å². The van der Waals surface area contributed by atoms with Crippen LogP contribution in [0, 0.1) is 0 Å². The molecule has 1 heterocycles. The number of likely N-dealkylation sites (tertiary alicyclic amines) is 1. The predicted octanol–water partition coefficient (Wildman–Crippen LogP) is 5.93. The second-order valence-electron chi connectivity index (χ2n) is 10.5. The lowest BCUT2D eigenvalue weighted by atomic mass is 10.0. The molecule has 0 spiro atoms. The summed E-state index contributed by atoms with van der Waals surface area (Å²) >= 11 is 0. The van der Waals surface area contributed by atoms with Crippen molar-refractivity contribution >= 4 is 18.1 Å². The summed E-state index contributed by atoms with van der Waals surface area (Å²) in [6, 6.07) is 19.0. The van der Waals surface area contributed by atoms with E-state index in [-0.39, 0.29) is 18.1 Å². The molecular weight excluding hydrogens is 452 g/mol. The third-order valence-corrected chi connectivity index (χ3v) is 6.13. The quantitative estimate of drug-likeness (QED) is 0.400. The molecule has 2 aromatic carbocycles. The predicted molar refractivity (Wildman–Crippen MR) is 144 cm³/mol. The molecule has 0 aromatic heterocycles. The van der Waals surface area contributed by atoms with Crippen molar-refractivity contribution in [1.82, 2.24) is 10.2 Å². The fourth-order valence-corrected chi connectivity index (χ4v) is 4.14. The Hall–Kier alpha value is -3.12. The van der Waals surface area contributed by atoms with Crippen LogP contribution >= 0.6 is 0 Å². The van der Waals surface area contributed by atoms with Crippen LogP contribution in [0.2, 0.25) is 0 Å². The van der Waals surface area contributed by atoms with E-state index >= 15 is 0 Å². The number of carbonyl (C=O) groups is 2.